The van der Waals surface area contributed by atoms with Gasteiger partial charge in [0.2, 0.25) is 5.91 Å². The molecule has 1 aromatic heterocycles. The van der Waals surface area contributed by atoms with Gasteiger partial charge in [0.05, 0.1) is 12.7 Å². The van der Waals surface area contributed by atoms with Crippen molar-refractivity contribution in [3.8, 4) is 0 Å². The van der Waals surface area contributed by atoms with E-state index >= 15 is 0 Å². The highest BCUT2D eigenvalue weighted by Gasteiger charge is 2.26. The van der Waals surface area contributed by atoms with Gasteiger partial charge in [-0.15, -0.1) is 12.4 Å². The highest BCUT2D eigenvalue weighted by atomic mass is 35.5. The second kappa shape index (κ2) is 8.87. The van der Waals surface area contributed by atoms with Crippen LogP contribution < -0.4 is 5.32 Å². The monoisotopic (exact) mass is 404 g/mol. The van der Waals surface area contributed by atoms with E-state index in [4.69, 9.17) is 4.42 Å². The number of benzene rings is 1. The van der Waals surface area contributed by atoms with Crippen LogP contribution in [0.1, 0.15) is 62.1 Å². The number of rotatable bonds is 6. The average Bonchev–Trinajstić information content (AvgIpc) is 3.41. The highest BCUT2D eigenvalue weighted by molar-refractivity contribution is 5.88. The molecule has 2 fully saturated rings. The Kier molecular flexibility index (Phi) is 6.72. The van der Waals surface area contributed by atoms with Crippen molar-refractivity contribution in [2.45, 2.75) is 64.8 Å². The minimum atomic E-state index is 0. The molecule has 1 saturated carbocycles. The molecule has 0 atom stereocenters. The lowest BCUT2D eigenvalue weighted by Gasteiger charge is -2.32. The minimum Gasteiger partial charge on any atom is -0.464 e. The highest BCUT2D eigenvalue weighted by Crippen LogP contribution is 2.30. The van der Waals surface area contributed by atoms with E-state index in [2.05, 4.69) is 38.2 Å². The zero-order chi connectivity index (χ0) is 19.0. The molecule has 1 amide bonds. The minimum absolute atomic E-state index is 0. The number of halogens is 1. The maximum Gasteiger partial charge on any atom is 0.227 e. The molecule has 4 nitrogen and oxygen atoms in total. The van der Waals surface area contributed by atoms with Crippen LogP contribution in [0.5, 0.6) is 0 Å². The van der Waals surface area contributed by atoms with Gasteiger partial charge in [0, 0.05) is 30.1 Å². The van der Waals surface area contributed by atoms with Crippen LogP contribution in [-0.2, 0) is 11.2 Å². The first-order valence-corrected chi connectivity index (χ1v) is 10.5. The second-order valence-electron chi connectivity index (χ2n) is 8.80. The number of furan rings is 1. The van der Waals surface area contributed by atoms with Crippen LogP contribution in [0.2, 0.25) is 0 Å². The third-order valence-corrected chi connectivity index (χ3v) is 6.25. The smallest absolute Gasteiger partial charge is 0.227 e. The summed E-state index contributed by atoms with van der Waals surface area (Å²) < 4.78 is 5.75. The van der Waals surface area contributed by atoms with Crippen molar-refractivity contribution in [1.82, 2.24) is 10.2 Å². The van der Waals surface area contributed by atoms with E-state index in [9.17, 15) is 4.79 Å². The number of carbonyl (C=O) groups is 1. The Bertz CT molecular complexity index is 817. The number of piperidine rings is 1. The molecule has 0 bridgehead atoms. The third-order valence-electron chi connectivity index (χ3n) is 6.25. The van der Waals surface area contributed by atoms with Gasteiger partial charge in [-0.2, -0.15) is 0 Å². The summed E-state index contributed by atoms with van der Waals surface area (Å²) in [6, 6.07) is 4.91. The normalized spacial score (nSPS) is 17.9. The molecule has 154 valence electrons. The second-order valence-corrected chi connectivity index (χ2v) is 8.80. The first kappa shape index (κ1) is 21.2. The van der Waals surface area contributed by atoms with Crippen molar-refractivity contribution in [1.29, 1.82) is 0 Å². The van der Waals surface area contributed by atoms with Crippen molar-refractivity contribution in [2.75, 3.05) is 19.6 Å². The zero-order valence-electron chi connectivity index (χ0n) is 17.3. The van der Waals surface area contributed by atoms with Gasteiger partial charge in [0.1, 0.15) is 5.58 Å². The summed E-state index contributed by atoms with van der Waals surface area (Å²) in [5, 5.41) is 4.78. The van der Waals surface area contributed by atoms with E-state index in [0.29, 0.717) is 18.4 Å². The Morgan fingerprint density at radius 1 is 1.21 bits per heavy atom. The molecule has 2 aromatic rings. The van der Waals surface area contributed by atoms with Crippen LogP contribution in [0.25, 0.3) is 11.0 Å². The maximum absolute atomic E-state index is 12.8. The maximum atomic E-state index is 12.8. The molecule has 5 heteroatoms. The quantitative estimate of drug-likeness (QED) is 0.750. The van der Waals surface area contributed by atoms with Crippen molar-refractivity contribution >= 4 is 29.3 Å². The molecular formula is C23H33ClN2O2. The molecule has 0 radical (unpaired) electrons. The fourth-order valence-corrected chi connectivity index (χ4v) is 4.27. The van der Waals surface area contributed by atoms with E-state index in [1.54, 1.807) is 6.26 Å². The number of hydrogen-bond acceptors (Lipinski definition) is 3. The first-order chi connectivity index (χ1) is 13.0. The van der Waals surface area contributed by atoms with Gasteiger partial charge in [-0.3, -0.25) is 4.79 Å². The first-order valence-electron chi connectivity index (χ1n) is 10.5. The number of likely N-dealkylation sites (tertiary alicyclic amines) is 1. The van der Waals surface area contributed by atoms with E-state index in [1.807, 2.05) is 4.90 Å². The third kappa shape index (κ3) is 4.72. The van der Waals surface area contributed by atoms with Crippen LogP contribution in [0.3, 0.4) is 0 Å². The summed E-state index contributed by atoms with van der Waals surface area (Å²) in [6.45, 7) is 9.45. The van der Waals surface area contributed by atoms with Gasteiger partial charge in [-0.05, 0) is 74.2 Å². The summed E-state index contributed by atoms with van der Waals surface area (Å²) in [5.74, 6) is 1.61. The number of hydrogen-bond donors (Lipinski definition) is 1. The van der Waals surface area contributed by atoms with Crippen LogP contribution in [0, 0.1) is 12.8 Å². The molecule has 0 spiro atoms. The number of amides is 1. The molecule has 28 heavy (non-hydrogen) atoms. The summed E-state index contributed by atoms with van der Waals surface area (Å²) in [4.78, 5) is 14.9. The largest absolute Gasteiger partial charge is 0.464 e. The van der Waals surface area contributed by atoms with Crippen molar-refractivity contribution in [2.24, 2.45) is 5.92 Å². The van der Waals surface area contributed by atoms with Crippen LogP contribution in [0.4, 0.5) is 0 Å². The van der Waals surface area contributed by atoms with Gasteiger partial charge in [-0.25, -0.2) is 0 Å². The van der Waals surface area contributed by atoms with Crippen LogP contribution >= 0.6 is 12.4 Å². The van der Waals surface area contributed by atoms with Gasteiger partial charge in [0.25, 0.3) is 0 Å². The van der Waals surface area contributed by atoms with E-state index in [-0.39, 0.29) is 18.3 Å². The van der Waals surface area contributed by atoms with E-state index < -0.39 is 0 Å². The molecule has 1 aliphatic carbocycles. The predicted molar refractivity (Wildman–Crippen MR) is 116 cm³/mol. The number of nitrogens with one attached hydrogen (secondary N) is 1. The van der Waals surface area contributed by atoms with Crippen LogP contribution in [0.15, 0.2) is 22.8 Å². The predicted octanol–water partition coefficient (Wildman–Crippen LogP) is 4.82. The van der Waals surface area contributed by atoms with Crippen LogP contribution in [-0.4, -0.2) is 36.5 Å². The van der Waals surface area contributed by atoms with Gasteiger partial charge < -0.3 is 14.6 Å². The van der Waals surface area contributed by atoms with E-state index in [1.165, 1.54) is 24.0 Å². The Hall–Kier alpha value is -1.52. The lowest BCUT2D eigenvalue weighted by Crippen LogP contribution is -2.45. The molecule has 2 heterocycles. The molecule has 4 rings (SSSR count). The number of fused-ring (bicyclic) bond motifs is 1. The number of nitrogens with zero attached hydrogens (tertiary/aromatic N) is 1. The number of carbonyl (C=O) groups excluding carboxylic acids is 1. The SMILES string of the molecule is Cc1cc2occ(CC(=O)N3CCC(NCC4CC4)CC3)c2cc1C(C)C.Cl. The summed E-state index contributed by atoms with van der Waals surface area (Å²) in [5.41, 5.74) is 4.50. The zero-order valence-corrected chi connectivity index (χ0v) is 18.1. The lowest BCUT2D eigenvalue weighted by molar-refractivity contribution is -0.131. The van der Waals surface area contributed by atoms with Crippen molar-refractivity contribution in [3.05, 3.63) is 35.1 Å². The van der Waals surface area contributed by atoms with Crippen molar-refractivity contribution in [3.63, 3.8) is 0 Å². The molecule has 1 aromatic carbocycles. The standard InChI is InChI=1S/C23H32N2O2.ClH/c1-15(2)20-12-21-18(14-27-22(21)10-16(20)3)11-23(26)25-8-6-19(7-9-25)24-13-17-4-5-17;/h10,12,14-15,17,19,24H,4-9,11,13H2,1-3H3;1H. The van der Waals surface area contributed by atoms with Crippen molar-refractivity contribution < 1.29 is 9.21 Å². The van der Waals surface area contributed by atoms with E-state index in [0.717, 1.165) is 54.9 Å². The van der Waals surface area contributed by atoms with Gasteiger partial charge in [-0.1, -0.05) is 13.8 Å². The Morgan fingerprint density at radius 2 is 1.93 bits per heavy atom. The average molecular weight is 405 g/mol. The summed E-state index contributed by atoms with van der Waals surface area (Å²) in [6.07, 6.45) is 7.13. The molecular weight excluding hydrogens is 372 g/mol. The molecule has 1 N–H and O–H groups in total. The fourth-order valence-electron chi connectivity index (χ4n) is 4.27. The molecule has 1 aliphatic heterocycles. The summed E-state index contributed by atoms with van der Waals surface area (Å²) >= 11 is 0. The molecule has 0 unspecified atom stereocenters. The summed E-state index contributed by atoms with van der Waals surface area (Å²) in [7, 11) is 0. The lowest BCUT2D eigenvalue weighted by atomic mass is 9.95. The Labute approximate surface area is 174 Å². The fraction of sp³-hybridized carbons (Fsp3) is 0.609. The molecule has 1 saturated heterocycles. The molecule has 2 aliphatic rings. The Morgan fingerprint density at radius 3 is 2.57 bits per heavy atom. The topological polar surface area (TPSA) is 45.5 Å². The Balaban J connectivity index is 0.00000225. The number of aryl methyl sites for hydroxylation is 1. The van der Waals surface area contributed by atoms with Gasteiger partial charge >= 0.3 is 0 Å². The van der Waals surface area contributed by atoms with Gasteiger partial charge in [0.15, 0.2) is 0 Å².